The minimum Gasteiger partial charge on any atom is -0.462 e. The normalized spacial score (nSPS) is 43.3. The lowest BCUT2D eigenvalue weighted by Gasteiger charge is -2.25. The maximum Gasteiger partial charge on any atom is 0.331 e. The quantitative estimate of drug-likeness (QED) is 0.409. The van der Waals surface area contributed by atoms with Gasteiger partial charge in [0.1, 0.15) is 0 Å². The second kappa shape index (κ2) is 7.31. The minimum absolute atomic E-state index is 0.337. The van der Waals surface area contributed by atoms with Gasteiger partial charge >= 0.3 is 11.9 Å². The first-order valence-electron chi connectivity index (χ1n) is 9.82. The average Bonchev–Trinajstić information content (AvgIpc) is 3.51. The second-order valence-electron chi connectivity index (χ2n) is 8.44. The molecule has 2 aliphatic carbocycles. The van der Waals surface area contributed by atoms with Crippen LogP contribution in [0.25, 0.3) is 0 Å². The van der Waals surface area contributed by atoms with Gasteiger partial charge in [-0.15, -0.1) is 0 Å². The smallest absolute Gasteiger partial charge is 0.331 e. The predicted molar refractivity (Wildman–Crippen MR) is 92.2 cm³/mol. The van der Waals surface area contributed by atoms with Gasteiger partial charge in [0.25, 0.3) is 0 Å². The Morgan fingerprint density at radius 2 is 1.15 bits per heavy atom. The van der Waals surface area contributed by atoms with Crippen LogP contribution in [0.3, 0.4) is 0 Å². The molecule has 2 saturated carbocycles. The lowest BCUT2D eigenvalue weighted by atomic mass is 9.81. The Morgan fingerprint density at radius 1 is 0.769 bits per heavy atom. The number of esters is 2. The molecule has 4 fully saturated rings. The molecule has 0 amide bonds. The van der Waals surface area contributed by atoms with Gasteiger partial charge in [0.15, 0.2) is 0 Å². The van der Waals surface area contributed by atoms with Crippen molar-refractivity contribution in [3.63, 3.8) is 0 Å². The van der Waals surface area contributed by atoms with E-state index < -0.39 is 11.9 Å². The van der Waals surface area contributed by atoms with E-state index in [0.29, 0.717) is 61.3 Å². The molecule has 26 heavy (non-hydrogen) atoms. The summed E-state index contributed by atoms with van der Waals surface area (Å²) >= 11 is 0. The third-order valence-electron chi connectivity index (χ3n) is 6.50. The van der Waals surface area contributed by atoms with Crippen LogP contribution in [0, 0.1) is 23.7 Å². The first kappa shape index (κ1) is 18.0. The van der Waals surface area contributed by atoms with Crippen LogP contribution in [0.5, 0.6) is 0 Å². The Bertz CT molecular complexity index is 537. The number of rotatable bonds is 6. The maximum atomic E-state index is 11.8. The molecular formula is C20H28O6. The van der Waals surface area contributed by atoms with E-state index in [-0.39, 0.29) is 0 Å². The lowest BCUT2D eigenvalue weighted by Crippen LogP contribution is -2.27. The molecule has 4 rings (SSSR count). The number of hydrogen-bond acceptors (Lipinski definition) is 6. The van der Waals surface area contributed by atoms with Gasteiger partial charge in [0.05, 0.1) is 37.6 Å². The Labute approximate surface area is 154 Å². The van der Waals surface area contributed by atoms with Crippen molar-refractivity contribution in [1.29, 1.82) is 0 Å². The standard InChI is InChI=1S/C20H28O6/c1-11-5-15-17(25-15)7-13(11)9-23-19(21)3-4-20(22)24-10-14-8-18-16(26-18)6-12(14)2/h3-4,11-18H,5-10H2,1-2H3. The van der Waals surface area contributed by atoms with E-state index in [0.717, 1.165) is 37.8 Å². The Hall–Kier alpha value is -1.40. The Morgan fingerprint density at radius 3 is 1.58 bits per heavy atom. The van der Waals surface area contributed by atoms with Crippen LogP contribution in [0.2, 0.25) is 0 Å². The molecule has 2 saturated heterocycles. The van der Waals surface area contributed by atoms with Crippen LogP contribution < -0.4 is 0 Å². The van der Waals surface area contributed by atoms with Crippen LogP contribution in [-0.4, -0.2) is 49.6 Å². The SMILES string of the molecule is CC1CC2OC2CC1COC(=O)C=CC(=O)OCC1CC2OC2CC1C. The zero-order valence-corrected chi connectivity index (χ0v) is 15.5. The molecule has 8 unspecified atom stereocenters. The van der Waals surface area contributed by atoms with Gasteiger partial charge in [-0.25, -0.2) is 9.59 Å². The molecule has 0 aromatic rings. The lowest BCUT2D eigenvalue weighted by molar-refractivity contribution is -0.142. The molecule has 6 nitrogen and oxygen atoms in total. The second-order valence-corrected chi connectivity index (χ2v) is 8.44. The van der Waals surface area contributed by atoms with Crippen molar-refractivity contribution in [3.05, 3.63) is 12.2 Å². The van der Waals surface area contributed by atoms with Crippen molar-refractivity contribution in [3.8, 4) is 0 Å². The van der Waals surface area contributed by atoms with Gasteiger partial charge in [-0.2, -0.15) is 0 Å². The minimum atomic E-state index is -0.492. The maximum absolute atomic E-state index is 11.8. The summed E-state index contributed by atoms with van der Waals surface area (Å²) in [5.41, 5.74) is 0. The van der Waals surface area contributed by atoms with Crippen molar-refractivity contribution >= 4 is 11.9 Å². The van der Waals surface area contributed by atoms with Gasteiger partial charge in [-0.3, -0.25) is 0 Å². The molecule has 4 aliphatic rings. The molecule has 0 aromatic carbocycles. The van der Waals surface area contributed by atoms with Crippen LogP contribution in [0.4, 0.5) is 0 Å². The Kier molecular flexibility index (Phi) is 5.06. The van der Waals surface area contributed by atoms with Crippen LogP contribution >= 0.6 is 0 Å². The van der Waals surface area contributed by atoms with Crippen molar-refractivity contribution < 1.29 is 28.5 Å². The van der Waals surface area contributed by atoms with E-state index in [1.165, 1.54) is 0 Å². The van der Waals surface area contributed by atoms with Gasteiger partial charge in [-0.05, 0) is 49.4 Å². The molecule has 0 aromatic heterocycles. The van der Waals surface area contributed by atoms with Gasteiger partial charge in [-0.1, -0.05) is 13.8 Å². The summed E-state index contributed by atoms with van der Waals surface area (Å²) in [4.78, 5) is 23.7. The number of ether oxygens (including phenoxy) is 4. The van der Waals surface area contributed by atoms with Crippen LogP contribution in [0.15, 0.2) is 12.2 Å². The molecule has 0 spiro atoms. The highest BCUT2D eigenvalue weighted by molar-refractivity contribution is 5.91. The number of epoxide rings is 2. The summed E-state index contributed by atoms with van der Waals surface area (Å²) in [5, 5.41) is 0. The zero-order valence-electron chi connectivity index (χ0n) is 15.5. The zero-order chi connectivity index (χ0) is 18.3. The summed E-state index contributed by atoms with van der Waals surface area (Å²) in [6.45, 7) is 5.11. The summed E-state index contributed by atoms with van der Waals surface area (Å²) in [6, 6.07) is 0. The van der Waals surface area contributed by atoms with Crippen molar-refractivity contribution in [2.24, 2.45) is 23.7 Å². The first-order chi connectivity index (χ1) is 12.5. The number of hydrogen-bond donors (Lipinski definition) is 0. The highest BCUT2D eigenvalue weighted by Gasteiger charge is 2.47. The van der Waals surface area contributed by atoms with Crippen LogP contribution in [-0.2, 0) is 28.5 Å². The first-order valence-corrected chi connectivity index (χ1v) is 9.82. The summed E-state index contributed by atoms with van der Waals surface area (Å²) in [5.74, 6) is 0.677. The third kappa shape index (κ3) is 4.29. The fourth-order valence-corrected chi connectivity index (χ4v) is 4.44. The van der Waals surface area contributed by atoms with E-state index >= 15 is 0 Å². The topological polar surface area (TPSA) is 77.7 Å². The van der Waals surface area contributed by atoms with E-state index in [2.05, 4.69) is 13.8 Å². The van der Waals surface area contributed by atoms with E-state index in [1.54, 1.807) is 0 Å². The molecule has 0 radical (unpaired) electrons. The third-order valence-corrected chi connectivity index (χ3v) is 6.50. The summed E-state index contributed by atoms with van der Waals surface area (Å²) in [7, 11) is 0. The van der Waals surface area contributed by atoms with Crippen molar-refractivity contribution in [1.82, 2.24) is 0 Å². The van der Waals surface area contributed by atoms with E-state index in [4.69, 9.17) is 18.9 Å². The van der Waals surface area contributed by atoms with Crippen LogP contribution in [0.1, 0.15) is 39.5 Å². The highest BCUT2D eigenvalue weighted by atomic mass is 16.6. The Balaban J connectivity index is 1.14. The molecule has 6 heteroatoms. The molecule has 0 N–H and O–H groups in total. The number of carbonyl (C=O) groups is 2. The highest BCUT2D eigenvalue weighted by Crippen LogP contribution is 2.43. The van der Waals surface area contributed by atoms with E-state index in [1.807, 2.05) is 0 Å². The number of fused-ring (bicyclic) bond motifs is 2. The molecular weight excluding hydrogens is 336 g/mol. The van der Waals surface area contributed by atoms with Crippen molar-refractivity contribution in [2.75, 3.05) is 13.2 Å². The number of carbonyl (C=O) groups excluding carboxylic acids is 2. The predicted octanol–water partition coefficient (Wildman–Crippen LogP) is 2.26. The summed E-state index contributed by atoms with van der Waals surface area (Å²) in [6.07, 6.45) is 7.89. The fourth-order valence-electron chi connectivity index (χ4n) is 4.44. The molecule has 2 aliphatic heterocycles. The summed E-state index contributed by atoms with van der Waals surface area (Å²) < 4.78 is 21.7. The monoisotopic (exact) mass is 364 g/mol. The van der Waals surface area contributed by atoms with Crippen molar-refractivity contribution in [2.45, 2.75) is 63.9 Å². The van der Waals surface area contributed by atoms with Gasteiger partial charge in [0, 0.05) is 12.2 Å². The fraction of sp³-hybridized carbons (Fsp3) is 0.800. The van der Waals surface area contributed by atoms with E-state index in [9.17, 15) is 9.59 Å². The molecule has 0 bridgehead atoms. The average molecular weight is 364 g/mol. The molecule has 2 heterocycles. The largest absolute Gasteiger partial charge is 0.462 e. The van der Waals surface area contributed by atoms with Gasteiger partial charge in [0.2, 0.25) is 0 Å². The van der Waals surface area contributed by atoms with Gasteiger partial charge < -0.3 is 18.9 Å². The molecule has 144 valence electrons. The molecule has 8 atom stereocenters.